The van der Waals surface area contributed by atoms with Crippen molar-refractivity contribution in [1.82, 2.24) is 15.0 Å². The molecule has 3 amide bonds. The van der Waals surface area contributed by atoms with Gasteiger partial charge in [0.15, 0.2) is 5.13 Å². The Labute approximate surface area is 210 Å². The number of carbonyl (C=O) groups excluding carboxylic acids is 2. The van der Waals surface area contributed by atoms with Gasteiger partial charge in [0.2, 0.25) is 0 Å². The Morgan fingerprint density at radius 1 is 1.00 bits per heavy atom. The number of fused-ring (bicyclic) bond motifs is 1. The fourth-order valence-electron chi connectivity index (χ4n) is 3.60. The monoisotopic (exact) mass is 512 g/mol. The Bertz CT molecular complexity index is 1450. The van der Waals surface area contributed by atoms with E-state index in [1.165, 1.54) is 22.3 Å². The van der Waals surface area contributed by atoms with E-state index in [2.05, 4.69) is 10.3 Å². The van der Waals surface area contributed by atoms with Crippen molar-refractivity contribution in [2.45, 2.75) is 24.3 Å². The van der Waals surface area contributed by atoms with E-state index in [4.69, 9.17) is 0 Å². The molecule has 0 unspecified atom stereocenters. The zero-order chi connectivity index (χ0) is 25.0. The molecule has 4 aromatic rings. The Morgan fingerprint density at radius 3 is 2.37 bits per heavy atom. The minimum atomic E-state index is -4.12. The normalized spacial score (nSPS) is 12.2. The Kier molecular flexibility index (Phi) is 7.13. The molecule has 0 radical (unpaired) electrons. The number of benzene rings is 3. The van der Waals surface area contributed by atoms with Crippen LogP contribution in [0.15, 0.2) is 83.8 Å². The van der Waals surface area contributed by atoms with E-state index in [0.29, 0.717) is 10.7 Å². The fraction of sp³-hybridized carbons (Fsp3) is 0.160. The van der Waals surface area contributed by atoms with Gasteiger partial charge in [-0.2, -0.15) is 0 Å². The number of hydrogen-bond acceptors (Lipinski definition) is 6. The van der Waals surface area contributed by atoms with Gasteiger partial charge in [-0.25, -0.2) is 22.9 Å². The lowest BCUT2D eigenvalue weighted by molar-refractivity contribution is -0.120. The number of sulfonamides is 1. The van der Waals surface area contributed by atoms with Crippen LogP contribution in [-0.2, 0) is 21.2 Å². The molecule has 0 fully saturated rings. The third kappa shape index (κ3) is 5.67. The van der Waals surface area contributed by atoms with Gasteiger partial charge in [0.05, 0.1) is 15.1 Å². The molecule has 1 aromatic heterocycles. The van der Waals surface area contributed by atoms with Crippen LogP contribution in [0.25, 0.3) is 10.2 Å². The van der Waals surface area contributed by atoms with E-state index in [-0.39, 0.29) is 14.2 Å². The second kappa shape index (κ2) is 10.2. The van der Waals surface area contributed by atoms with Crippen LogP contribution in [0.3, 0.4) is 0 Å². The molecule has 2 N–H and O–H groups in total. The molecule has 1 heterocycles. The van der Waals surface area contributed by atoms with Gasteiger partial charge in [0.25, 0.3) is 15.9 Å². The number of rotatable bonds is 7. The van der Waals surface area contributed by atoms with Crippen LogP contribution in [0.1, 0.15) is 14.0 Å². The summed E-state index contributed by atoms with van der Waals surface area (Å²) in [5.41, 5.74) is 2.08. The van der Waals surface area contributed by atoms with Gasteiger partial charge in [0.1, 0.15) is 6.04 Å². The van der Waals surface area contributed by atoms with Crippen LogP contribution in [0, 0.1) is 6.92 Å². The lowest BCUT2D eigenvalue weighted by atomic mass is 10.1. The molecular formula is C25H28N4O4S2. The number of anilines is 1. The number of likely N-dealkylation sites (N-methyl/N-ethyl adjacent to an activating group) is 1. The van der Waals surface area contributed by atoms with Crippen molar-refractivity contribution in [3.05, 3.63) is 90.0 Å². The third-order valence-electron chi connectivity index (χ3n) is 5.40. The smallest absolute Gasteiger partial charge is 0.325 e. The standard InChI is InChI=1S/C25H24N4O4S2.2H2/c1-17-10-6-9-15-22(17)35(32,33)28-24(31)26-20(16-18-11-4-3-5-12-18)23(30)29(2)25-27-19-13-7-8-14-21(19)34-25;;/h3-15,20H,16H2,1-2H3,(H2,26,28,31);2*1H/t20-;;/m0../s1. The summed E-state index contributed by atoms with van der Waals surface area (Å²) in [6.45, 7) is 1.64. The van der Waals surface area contributed by atoms with E-state index < -0.39 is 28.0 Å². The third-order valence-corrected chi connectivity index (χ3v) is 8.00. The number of aryl methyl sites for hydroxylation is 1. The molecule has 10 heteroatoms. The van der Waals surface area contributed by atoms with E-state index in [1.807, 2.05) is 59.3 Å². The van der Waals surface area contributed by atoms with E-state index >= 15 is 0 Å². The number of urea groups is 1. The Balaban J connectivity index is 0.00000241. The molecule has 0 spiro atoms. The fourth-order valence-corrected chi connectivity index (χ4v) is 5.70. The summed E-state index contributed by atoms with van der Waals surface area (Å²) in [5.74, 6) is -0.420. The number of para-hydroxylation sites is 1. The highest BCUT2D eigenvalue weighted by Gasteiger charge is 2.29. The molecule has 8 nitrogen and oxygen atoms in total. The molecule has 0 saturated carbocycles. The number of nitrogens with zero attached hydrogens (tertiary/aromatic N) is 2. The molecular weight excluding hydrogens is 484 g/mol. The highest BCUT2D eigenvalue weighted by molar-refractivity contribution is 7.90. The molecule has 3 aromatic carbocycles. The van der Waals surface area contributed by atoms with Gasteiger partial charge in [0, 0.05) is 16.3 Å². The van der Waals surface area contributed by atoms with E-state index in [1.54, 1.807) is 32.2 Å². The summed E-state index contributed by atoms with van der Waals surface area (Å²) < 4.78 is 28.5. The number of amides is 3. The van der Waals surface area contributed by atoms with Crippen molar-refractivity contribution in [3.8, 4) is 0 Å². The minimum absolute atomic E-state index is 0. The molecule has 4 rings (SSSR count). The first-order valence-corrected chi connectivity index (χ1v) is 13.1. The van der Waals surface area contributed by atoms with Crippen LogP contribution < -0.4 is 14.9 Å². The number of carbonyl (C=O) groups is 2. The van der Waals surface area contributed by atoms with Crippen LogP contribution in [0.5, 0.6) is 0 Å². The Morgan fingerprint density at radius 2 is 1.66 bits per heavy atom. The molecule has 0 bridgehead atoms. The van der Waals surface area contributed by atoms with E-state index in [0.717, 1.165) is 15.8 Å². The largest absolute Gasteiger partial charge is 0.329 e. The van der Waals surface area contributed by atoms with Gasteiger partial charge in [-0.15, -0.1) is 0 Å². The highest BCUT2D eigenvalue weighted by atomic mass is 32.2. The summed E-state index contributed by atoms with van der Waals surface area (Å²) in [4.78, 5) is 32.1. The molecule has 0 aliphatic rings. The number of hydrogen-bond donors (Lipinski definition) is 2. The number of aromatic nitrogens is 1. The average molecular weight is 513 g/mol. The summed E-state index contributed by atoms with van der Waals surface area (Å²) in [6.07, 6.45) is 0.173. The van der Waals surface area contributed by atoms with Gasteiger partial charge >= 0.3 is 6.03 Å². The molecule has 35 heavy (non-hydrogen) atoms. The molecule has 1 atom stereocenters. The van der Waals surface area contributed by atoms with Crippen molar-refractivity contribution in [3.63, 3.8) is 0 Å². The molecule has 0 aliphatic carbocycles. The van der Waals surface area contributed by atoms with Crippen LogP contribution in [-0.4, -0.2) is 38.4 Å². The topological polar surface area (TPSA) is 108 Å². The predicted octanol–water partition coefficient (Wildman–Crippen LogP) is 4.36. The SMILES string of the molecule is Cc1ccccc1S(=O)(=O)NC(=O)N[C@@H](Cc1ccccc1)C(=O)N(C)c1nc2ccccc2s1.[HH].[HH]. The van der Waals surface area contributed by atoms with E-state index in [9.17, 15) is 18.0 Å². The number of thiazole rings is 1. The maximum atomic E-state index is 13.5. The number of nitrogens with one attached hydrogen (secondary N) is 2. The first kappa shape index (κ1) is 24.4. The summed E-state index contributed by atoms with van der Waals surface area (Å²) in [6, 6.07) is 21.0. The molecule has 184 valence electrons. The zero-order valence-corrected chi connectivity index (χ0v) is 20.8. The van der Waals surface area contributed by atoms with Crippen molar-refractivity contribution >= 4 is 48.6 Å². The van der Waals surface area contributed by atoms with Gasteiger partial charge in [-0.1, -0.05) is 72.0 Å². The van der Waals surface area contributed by atoms with Crippen molar-refractivity contribution in [2.24, 2.45) is 0 Å². The molecule has 0 saturated heterocycles. The Hall–Kier alpha value is -3.76. The maximum Gasteiger partial charge on any atom is 0.329 e. The average Bonchev–Trinajstić information content (AvgIpc) is 3.27. The molecule has 0 aliphatic heterocycles. The highest BCUT2D eigenvalue weighted by Crippen LogP contribution is 2.28. The van der Waals surface area contributed by atoms with Crippen molar-refractivity contribution < 1.29 is 20.9 Å². The van der Waals surface area contributed by atoms with Crippen LogP contribution in [0.2, 0.25) is 0 Å². The lowest BCUT2D eigenvalue weighted by Crippen LogP contribution is -2.52. The predicted molar refractivity (Wildman–Crippen MR) is 141 cm³/mol. The first-order chi connectivity index (χ1) is 16.7. The minimum Gasteiger partial charge on any atom is -0.325 e. The van der Waals surface area contributed by atoms with Crippen molar-refractivity contribution in [1.29, 1.82) is 0 Å². The zero-order valence-electron chi connectivity index (χ0n) is 19.1. The van der Waals surface area contributed by atoms with Gasteiger partial charge < -0.3 is 5.32 Å². The second-order valence-electron chi connectivity index (χ2n) is 7.95. The first-order valence-electron chi connectivity index (χ1n) is 10.8. The van der Waals surface area contributed by atoms with Gasteiger partial charge in [-0.05, 0) is 36.2 Å². The van der Waals surface area contributed by atoms with Gasteiger partial charge in [-0.3, -0.25) is 9.69 Å². The quantitative estimate of drug-likeness (QED) is 0.383. The van der Waals surface area contributed by atoms with Crippen LogP contribution in [0.4, 0.5) is 9.93 Å². The summed E-state index contributed by atoms with van der Waals surface area (Å²) >= 11 is 1.35. The van der Waals surface area contributed by atoms with Crippen LogP contribution >= 0.6 is 11.3 Å². The maximum absolute atomic E-state index is 13.5. The van der Waals surface area contributed by atoms with Crippen molar-refractivity contribution in [2.75, 3.05) is 11.9 Å². The summed E-state index contributed by atoms with van der Waals surface area (Å²) in [5, 5.41) is 3.03. The summed E-state index contributed by atoms with van der Waals surface area (Å²) in [7, 11) is -2.54. The lowest BCUT2D eigenvalue weighted by Gasteiger charge is -2.23. The second-order valence-corrected chi connectivity index (χ2v) is 10.6.